The van der Waals surface area contributed by atoms with Gasteiger partial charge in [-0.15, -0.1) is 0 Å². The number of nitrogens with one attached hydrogen (secondary N) is 1. The Morgan fingerprint density at radius 3 is 1.88 bits per heavy atom. The van der Waals surface area contributed by atoms with Gasteiger partial charge in [0.1, 0.15) is 0 Å². The van der Waals surface area contributed by atoms with E-state index in [1.54, 1.807) is 18.2 Å². The lowest BCUT2D eigenvalue weighted by Crippen LogP contribution is -2.22. The summed E-state index contributed by atoms with van der Waals surface area (Å²) in [5.41, 5.74) is 4.36. The van der Waals surface area contributed by atoms with Gasteiger partial charge in [0, 0.05) is 0 Å². The van der Waals surface area contributed by atoms with Crippen molar-refractivity contribution in [3.05, 3.63) is 89.5 Å². The summed E-state index contributed by atoms with van der Waals surface area (Å²) in [5, 5.41) is 12.1. The van der Waals surface area contributed by atoms with Gasteiger partial charge in [-0.05, 0) is 34.4 Å². The number of aromatic carboxylic acids is 1. The SMILES string of the molecule is O=C(O)c1ccccc1NC(=O)C1c2ccccc2-c2ccccc21. The first-order chi connectivity index (χ1) is 12.2. The highest BCUT2D eigenvalue weighted by Crippen LogP contribution is 2.44. The zero-order chi connectivity index (χ0) is 17.4. The minimum absolute atomic E-state index is 0.0791. The van der Waals surface area contributed by atoms with Crippen molar-refractivity contribution in [3.8, 4) is 11.1 Å². The molecule has 0 radical (unpaired) electrons. The Balaban J connectivity index is 1.75. The van der Waals surface area contributed by atoms with E-state index in [1.807, 2.05) is 48.5 Å². The first-order valence-corrected chi connectivity index (χ1v) is 7.98. The first kappa shape index (κ1) is 15.1. The first-order valence-electron chi connectivity index (χ1n) is 7.98. The number of amides is 1. The molecule has 25 heavy (non-hydrogen) atoms. The van der Waals surface area contributed by atoms with Crippen LogP contribution >= 0.6 is 0 Å². The monoisotopic (exact) mass is 329 g/mol. The van der Waals surface area contributed by atoms with Crippen LogP contribution in [0, 0.1) is 0 Å². The molecule has 0 heterocycles. The molecule has 0 atom stereocenters. The number of anilines is 1. The van der Waals surface area contributed by atoms with Crippen molar-refractivity contribution in [2.75, 3.05) is 5.32 Å². The summed E-state index contributed by atoms with van der Waals surface area (Å²) >= 11 is 0. The molecule has 0 saturated heterocycles. The van der Waals surface area contributed by atoms with Crippen molar-refractivity contribution in [2.45, 2.75) is 5.92 Å². The topological polar surface area (TPSA) is 66.4 Å². The van der Waals surface area contributed by atoms with E-state index in [0.29, 0.717) is 5.69 Å². The van der Waals surface area contributed by atoms with Crippen LogP contribution in [0.1, 0.15) is 27.4 Å². The van der Waals surface area contributed by atoms with E-state index in [2.05, 4.69) is 5.32 Å². The van der Waals surface area contributed by atoms with Crippen LogP contribution < -0.4 is 5.32 Å². The van der Waals surface area contributed by atoms with Crippen LogP contribution in [-0.2, 0) is 4.79 Å². The van der Waals surface area contributed by atoms with Gasteiger partial charge in [-0.25, -0.2) is 4.79 Å². The number of carboxylic acid groups (broad SMARTS) is 1. The predicted molar refractivity (Wildman–Crippen MR) is 95.8 cm³/mol. The molecule has 0 unspecified atom stereocenters. The van der Waals surface area contributed by atoms with Crippen LogP contribution in [0.2, 0.25) is 0 Å². The molecule has 0 fully saturated rings. The predicted octanol–water partition coefficient (Wildman–Crippen LogP) is 4.14. The summed E-state index contributed by atoms with van der Waals surface area (Å²) in [6.07, 6.45) is 0. The van der Waals surface area contributed by atoms with E-state index < -0.39 is 11.9 Å². The van der Waals surface area contributed by atoms with Crippen molar-refractivity contribution in [1.29, 1.82) is 0 Å². The molecule has 122 valence electrons. The van der Waals surface area contributed by atoms with Gasteiger partial charge in [0.15, 0.2) is 0 Å². The van der Waals surface area contributed by atoms with Crippen LogP contribution in [0.5, 0.6) is 0 Å². The fourth-order valence-corrected chi connectivity index (χ4v) is 3.42. The molecular weight excluding hydrogens is 314 g/mol. The smallest absolute Gasteiger partial charge is 0.337 e. The number of carbonyl (C=O) groups excluding carboxylic acids is 1. The third-order valence-corrected chi connectivity index (χ3v) is 4.51. The van der Waals surface area contributed by atoms with E-state index in [0.717, 1.165) is 22.3 Å². The molecule has 3 aromatic rings. The Morgan fingerprint density at radius 2 is 1.28 bits per heavy atom. The van der Waals surface area contributed by atoms with Crippen molar-refractivity contribution in [2.24, 2.45) is 0 Å². The molecule has 0 aromatic heterocycles. The Bertz CT molecular complexity index is 948. The fourth-order valence-electron chi connectivity index (χ4n) is 3.42. The zero-order valence-corrected chi connectivity index (χ0v) is 13.3. The number of hydrogen-bond acceptors (Lipinski definition) is 2. The van der Waals surface area contributed by atoms with Gasteiger partial charge in [-0.1, -0.05) is 60.7 Å². The van der Waals surface area contributed by atoms with Gasteiger partial charge in [-0.3, -0.25) is 4.79 Å². The lowest BCUT2D eigenvalue weighted by Gasteiger charge is -2.15. The number of para-hydroxylation sites is 1. The summed E-state index contributed by atoms with van der Waals surface area (Å²) in [6.45, 7) is 0. The third-order valence-electron chi connectivity index (χ3n) is 4.51. The van der Waals surface area contributed by atoms with Crippen molar-refractivity contribution in [1.82, 2.24) is 0 Å². The second-order valence-corrected chi connectivity index (χ2v) is 5.95. The molecule has 1 amide bonds. The van der Waals surface area contributed by atoms with Gasteiger partial charge in [0.05, 0.1) is 17.2 Å². The van der Waals surface area contributed by atoms with Crippen LogP contribution in [0.25, 0.3) is 11.1 Å². The maximum absolute atomic E-state index is 13.0. The quantitative estimate of drug-likeness (QED) is 0.759. The van der Waals surface area contributed by atoms with Gasteiger partial charge in [-0.2, -0.15) is 0 Å². The van der Waals surface area contributed by atoms with Gasteiger partial charge >= 0.3 is 5.97 Å². The molecule has 3 aromatic carbocycles. The normalized spacial score (nSPS) is 12.3. The lowest BCUT2D eigenvalue weighted by atomic mass is 9.96. The van der Waals surface area contributed by atoms with Crippen molar-refractivity contribution < 1.29 is 14.7 Å². The molecule has 0 spiro atoms. The Labute approximate surface area is 144 Å². The highest BCUT2D eigenvalue weighted by molar-refractivity contribution is 6.06. The number of hydrogen-bond donors (Lipinski definition) is 2. The zero-order valence-electron chi connectivity index (χ0n) is 13.3. The third kappa shape index (κ3) is 2.48. The highest BCUT2D eigenvalue weighted by atomic mass is 16.4. The van der Waals surface area contributed by atoms with Crippen molar-refractivity contribution >= 4 is 17.6 Å². The minimum Gasteiger partial charge on any atom is -0.478 e. The molecule has 1 aliphatic rings. The van der Waals surface area contributed by atoms with Crippen LogP contribution in [0.3, 0.4) is 0 Å². The Morgan fingerprint density at radius 1 is 0.760 bits per heavy atom. The van der Waals surface area contributed by atoms with Crippen LogP contribution in [0.4, 0.5) is 5.69 Å². The van der Waals surface area contributed by atoms with E-state index in [4.69, 9.17) is 0 Å². The number of fused-ring (bicyclic) bond motifs is 3. The van der Waals surface area contributed by atoms with Crippen LogP contribution in [-0.4, -0.2) is 17.0 Å². The molecule has 1 aliphatic carbocycles. The van der Waals surface area contributed by atoms with Crippen molar-refractivity contribution in [3.63, 3.8) is 0 Å². The fraction of sp³-hybridized carbons (Fsp3) is 0.0476. The average Bonchev–Trinajstić information content (AvgIpc) is 2.96. The summed E-state index contributed by atoms with van der Waals surface area (Å²) in [5.74, 6) is -1.75. The standard InChI is InChI=1S/C21H15NO3/c23-20(22-18-12-6-5-11-17(18)21(24)25)19-15-9-3-1-7-13(15)14-8-2-4-10-16(14)19/h1-12,19H,(H,22,23)(H,24,25). The second-order valence-electron chi connectivity index (χ2n) is 5.95. The minimum atomic E-state index is -1.07. The molecule has 0 aliphatic heterocycles. The second kappa shape index (κ2) is 5.91. The van der Waals surface area contributed by atoms with E-state index >= 15 is 0 Å². The number of benzene rings is 3. The largest absolute Gasteiger partial charge is 0.478 e. The summed E-state index contributed by atoms with van der Waals surface area (Å²) < 4.78 is 0. The number of rotatable bonds is 3. The lowest BCUT2D eigenvalue weighted by molar-refractivity contribution is -0.116. The molecule has 0 bridgehead atoms. The van der Waals surface area contributed by atoms with Gasteiger partial charge in [0.2, 0.25) is 5.91 Å². The molecule has 0 saturated carbocycles. The average molecular weight is 329 g/mol. The molecule has 4 rings (SSSR count). The summed E-state index contributed by atoms with van der Waals surface area (Å²) in [7, 11) is 0. The van der Waals surface area contributed by atoms with E-state index in [9.17, 15) is 14.7 Å². The Kier molecular flexibility index (Phi) is 3.58. The number of carbonyl (C=O) groups is 2. The summed E-state index contributed by atoms with van der Waals surface area (Å²) in [4.78, 5) is 24.4. The molecule has 4 nitrogen and oxygen atoms in total. The number of carboxylic acids is 1. The highest BCUT2D eigenvalue weighted by Gasteiger charge is 2.33. The maximum atomic E-state index is 13.0. The summed E-state index contributed by atoms with van der Waals surface area (Å²) in [6, 6.07) is 22.1. The molecular formula is C21H15NO3. The molecule has 4 heteroatoms. The van der Waals surface area contributed by atoms with E-state index in [1.165, 1.54) is 6.07 Å². The van der Waals surface area contributed by atoms with Gasteiger partial charge in [0.25, 0.3) is 0 Å². The Hall–Kier alpha value is -3.40. The maximum Gasteiger partial charge on any atom is 0.337 e. The molecule has 2 N–H and O–H groups in total. The van der Waals surface area contributed by atoms with E-state index in [-0.39, 0.29) is 11.5 Å². The van der Waals surface area contributed by atoms with Gasteiger partial charge < -0.3 is 10.4 Å². The van der Waals surface area contributed by atoms with Crippen LogP contribution in [0.15, 0.2) is 72.8 Å².